The molecule has 0 bridgehead atoms. The molecule has 0 amide bonds. The van der Waals surface area contributed by atoms with Crippen molar-refractivity contribution in [3.63, 3.8) is 0 Å². The summed E-state index contributed by atoms with van der Waals surface area (Å²) in [6, 6.07) is -0.0617. The lowest BCUT2D eigenvalue weighted by atomic mass is 9.88. The molecule has 0 saturated carbocycles. The fraction of sp³-hybridized carbons (Fsp3) is 0.700. The van der Waals surface area contributed by atoms with Gasteiger partial charge >= 0.3 is 5.97 Å². The molecule has 4 heteroatoms. The maximum absolute atomic E-state index is 11.0. The molecule has 1 aliphatic rings. The fourth-order valence-electron chi connectivity index (χ4n) is 1.56. The summed E-state index contributed by atoms with van der Waals surface area (Å²) in [5.74, 6) is -0.485. The number of carbonyl (C=O) groups is 1. The van der Waals surface area contributed by atoms with Crippen LogP contribution in [0.5, 0.6) is 0 Å². The standard InChI is InChI=1S/C10H17NO3/c1-6-8(5-9(12)14-4)11-7(2)10(6,3)13/h5-7,11,13H,1-4H3/b8-5+. The average Bonchev–Trinajstić information content (AvgIpc) is 2.30. The van der Waals surface area contributed by atoms with Gasteiger partial charge in [-0.1, -0.05) is 6.92 Å². The molecule has 1 rings (SSSR count). The first-order chi connectivity index (χ1) is 6.39. The molecule has 3 atom stereocenters. The quantitative estimate of drug-likeness (QED) is 0.475. The van der Waals surface area contributed by atoms with Crippen LogP contribution in [0.3, 0.4) is 0 Å². The molecule has 1 fully saturated rings. The Balaban J connectivity index is 2.86. The van der Waals surface area contributed by atoms with Gasteiger partial charge in [0, 0.05) is 17.7 Å². The lowest BCUT2D eigenvalue weighted by Crippen LogP contribution is -2.40. The van der Waals surface area contributed by atoms with Crippen molar-refractivity contribution in [2.75, 3.05) is 7.11 Å². The van der Waals surface area contributed by atoms with Gasteiger partial charge in [-0.2, -0.15) is 0 Å². The zero-order chi connectivity index (χ0) is 10.9. The highest BCUT2D eigenvalue weighted by Gasteiger charge is 2.43. The second-order valence-corrected chi connectivity index (χ2v) is 3.94. The number of rotatable bonds is 1. The molecule has 1 saturated heterocycles. The SMILES string of the molecule is COC(=O)/C=C1/NC(C)C(C)(O)C1C. The van der Waals surface area contributed by atoms with E-state index in [4.69, 9.17) is 0 Å². The molecular weight excluding hydrogens is 182 g/mol. The van der Waals surface area contributed by atoms with Gasteiger partial charge in [0.15, 0.2) is 0 Å². The molecular formula is C10H17NO3. The maximum Gasteiger partial charge on any atom is 0.332 e. The molecule has 0 aromatic rings. The number of nitrogens with one attached hydrogen (secondary N) is 1. The van der Waals surface area contributed by atoms with E-state index < -0.39 is 11.6 Å². The van der Waals surface area contributed by atoms with Crippen LogP contribution in [0, 0.1) is 5.92 Å². The largest absolute Gasteiger partial charge is 0.466 e. The van der Waals surface area contributed by atoms with E-state index in [2.05, 4.69) is 10.1 Å². The van der Waals surface area contributed by atoms with E-state index in [9.17, 15) is 9.90 Å². The Morgan fingerprint density at radius 1 is 1.64 bits per heavy atom. The zero-order valence-electron chi connectivity index (χ0n) is 9.00. The molecule has 0 aliphatic carbocycles. The molecule has 1 aliphatic heterocycles. The van der Waals surface area contributed by atoms with Crippen molar-refractivity contribution in [3.05, 3.63) is 11.8 Å². The van der Waals surface area contributed by atoms with Crippen molar-refractivity contribution in [2.45, 2.75) is 32.4 Å². The Kier molecular flexibility index (Phi) is 2.85. The van der Waals surface area contributed by atoms with Crippen molar-refractivity contribution < 1.29 is 14.6 Å². The average molecular weight is 199 g/mol. The van der Waals surface area contributed by atoms with Gasteiger partial charge < -0.3 is 15.2 Å². The lowest BCUT2D eigenvalue weighted by Gasteiger charge is -2.24. The van der Waals surface area contributed by atoms with E-state index in [0.29, 0.717) is 0 Å². The van der Waals surface area contributed by atoms with Crippen LogP contribution in [0.4, 0.5) is 0 Å². The molecule has 1 heterocycles. The van der Waals surface area contributed by atoms with Gasteiger partial charge in [-0.3, -0.25) is 0 Å². The van der Waals surface area contributed by atoms with Crippen molar-refractivity contribution in [2.24, 2.45) is 5.92 Å². The van der Waals surface area contributed by atoms with Crippen LogP contribution in [0.15, 0.2) is 11.8 Å². The number of ether oxygens (including phenoxy) is 1. The summed E-state index contributed by atoms with van der Waals surface area (Å²) in [5.41, 5.74) is -0.0887. The highest BCUT2D eigenvalue weighted by Crippen LogP contribution is 2.33. The Morgan fingerprint density at radius 3 is 2.57 bits per heavy atom. The molecule has 0 spiro atoms. The smallest absolute Gasteiger partial charge is 0.332 e. The van der Waals surface area contributed by atoms with Crippen LogP contribution in [0.1, 0.15) is 20.8 Å². The Morgan fingerprint density at radius 2 is 2.21 bits per heavy atom. The van der Waals surface area contributed by atoms with Gasteiger partial charge in [0.2, 0.25) is 0 Å². The zero-order valence-corrected chi connectivity index (χ0v) is 9.00. The van der Waals surface area contributed by atoms with E-state index in [0.717, 1.165) is 5.70 Å². The molecule has 0 aromatic heterocycles. The monoisotopic (exact) mass is 199 g/mol. The summed E-state index contributed by atoms with van der Waals surface area (Å²) in [6.45, 7) is 5.52. The molecule has 3 unspecified atom stereocenters. The van der Waals surface area contributed by atoms with Crippen molar-refractivity contribution in [1.29, 1.82) is 0 Å². The summed E-state index contributed by atoms with van der Waals surface area (Å²) in [6.07, 6.45) is 1.39. The predicted molar refractivity (Wildman–Crippen MR) is 52.5 cm³/mol. The summed E-state index contributed by atoms with van der Waals surface area (Å²) < 4.78 is 4.53. The second kappa shape index (κ2) is 3.61. The number of carbonyl (C=O) groups excluding carboxylic acids is 1. The number of methoxy groups -OCH3 is 1. The van der Waals surface area contributed by atoms with Gasteiger partial charge in [-0.15, -0.1) is 0 Å². The first-order valence-corrected chi connectivity index (χ1v) is 4.68. The van der Waals surface area contributed by atoms with Crippen LogP contribution in [0.25, 0.3) is 0 Å². The topological polar surface area (TPSA) is 58.6 Å². The molecule has 0 radical (unpaired) electrons. The maximum atomic E-state index is 11.0. The van der Waals surface area contributed by atoms with Gasteiger partial charge in [0.25, 0.3) is 0 Å². The highest BCUT2D eigenvalue weighted by molar-refractivity contribution is 5.82. The predicted octanol–water partition coefficient (Wildman–Crippen LogP) is 0.422. The van der Waals surface area contributed by atoms with E-state index in [-0.39, 0.29) is 12.0 Å². The third-order valence-corrected chi connectivity index (χ3v) is 3.08. The number of aliphatic hydroxyl groups is 1. The number of hydrogen-bond donors (Lipinski definition) is 2. The minimum atomic E-state index is -0.820. The molecule has 80 valence electrons. The number of hydrogen-bond acceptors (Lipinski definition) is 4. The molecule has 2 N–H and O–H groups in total. The van der Waals surface area contributed by atoms with Gasteiger partial charge in [-0.25, -0.2) is 4.79 Å². The third-order valence-electron chi connectivity index (χ3n) is 3.08. The molecule has 4 nitrogen and oxygen atoms in total. The van der Waals surface area contributed by atoms with E-state index in [1.54, 1.807) is 6.92 Å². The van der Waals surface area contributed by atoms with Crippen LogP contribution in [-0.2, 0) is 9.53 Å². The Hall–Kier alpha value is -1.03. The summed E-state index contributed by atoms with van der Waals surface area (Å²) in [7, 11) is 1.33. The van der Waals surface area contributed by atoms with E-state index >= 15 is 0 Å². The van der Waals surface area contributed by atoms with E-state index in [1.807, 2.05) is 13.8 Å². The minimum Gasteiger partial charge on any atom is -0.466 e. The first kappa shape index (κ1) is 11.0. The van der Waals surface area contributed by atoms with Gasteiger partial charge in [0.1, 0.15) is 0 Å². The summed E-state index contributed by atoms with van der Waals surface area (Å²) >= 11 is 0. The molecule has 14 heavy (non-hydrogen) atoms. The minimum absolute atomic E-state index is 0.0617. The molecule has 0 aromatic carbocycles. The van der Waals surface area contributed by atoms with Crippen LogP contribution in [-0.4, -0.2) is 29.8 Å². The van der Waals surface area contributed by atoms with Crippen LogP contribution >= 0.6 is 0 Å². The first-order valence-electron chi connectivity index (χ1n) is 4.68. The highest BCUT2D eigenvalue weighted by atomic mass is 16.5. The van der Waals surface area contributed by atoms with Crippen LogP contribution < -0.4 is 5.32 Å². The normalized spacial score (nSPS) is 39.6. The van der Waals surface area contributed by atoms with Crippen molar-refractivity contribution >= 4 is 5.97 Å². The van der Waals surface area contributed by atoms with E-state index in [1.165, 1.54) is 13.2 Å². The second-order valence-electron chi connectivity index (χ2n) is 3.94. The van der Waals surface area contributed by atoms with Crippen LogP contribution in [0.2, 0.25) is 0 Å². The Labute approximate surface area is 83.9 Å². The lowest BCUT2D eigenvalue weighted by molar-refractivity contribution is -0.134. The summed E-state index contributed by atoms with van der Waals surface area (Å²) in [5, 5.41) is 13.1. The van der Waals surface area contributed by atoms with Gasteiger partial charge in [-0.05, 0) is 13.8 Å². The number of esters is 1. The van der Waals surface area contributed by atoms with Gasteiger partial charge in [0.05, 0.1) is 18.8 Å². The third kappa shape index (κ3) is 1.75. The Bertz CT molecular complexity index is 271. The van der Waals surface area contributed by atoms with Crippen molar-refractivity contribution in [3.8, 4) is 0 Å². The fourth-order valence-corrected chi connectivity index (χ4v) is 1.56. The van der Waals surface area contributed by atoms with Crippen molar-refractivity contribution in [1.82, 2.24) is 5.32 Å². The summed E-state index contributed by atoms with van der Waals surface area (Å²) in [4.78, 5) is 11.0.